The largest absolute Gasteiger partial charge is 0.298 e. The Morgan fingerprint density at radius 2 is 1.44 bits per heavy atom. The SMILES string of the molecule is ClCc1ccncc1.Fc1ccc(C2=CCC(N3CCN(Cc4ccncc4)CC3)CC2)cc1. The van der Waals surface area contributed by atoms with E-state index in [4.69, 9.17) is 11.6 Å². The first kappa shape index (κ1) is 24.5. The molecule has 3 heterocycles. The van der Waals surface area contributed by atoms with Crippen molar-refractivity contribution in [2.45, 2.75) is 37.7 Å². The summed E-state index contributed by atoms with van der Waals surface area (Å²) in [5, 5.41) is 0. The van der Waals surface area contributed by atoms with Crippen LogP contribution in [0.5, 0.6) is 0 Å². The van der Waals surface area contributed by atoms with E-state index in [0.717, 1.165) is 51.1 Å². The Morgan fingerprint density at radius 3 is 1.97 bits per heavy atom. The summed E-state index contributed by atoms with van der Waals surface area (Å²) in [6, 6.07) is 15.6. The van der Waals surface area contributed by atoms with Crippen LogP contribution in [0.4, 0.5) is 4.39 Å². The van der Waals surface area contributed by atoms with Crippen molar-refractivity contribution in [2.75, 3.05) is 26.2 Å². The van der Waals surface area contributed by atoms with Crippen LogP contribution in [0.25, 0.3) is 5.57 Å². The standard InChI is InChI=1S/C22H26FN3.C6H6ClN/c23-21-5-1-19(2-6-21)20-3-7-22(8-4-20)26-15-13-25(14-16-26)17-18-9-11-24-12-10-18;7-5-6-1-3-8-4-2-6/h1-3,5-6,9-12,22H,4,7-8,13-17H2;1-4H,5H2. The number of piperazine rings is 1. The maximum Gasteiger partial charge on any atom is 0.123 e. The van der Waals surface area contributed by atoms with Gasteiger partial charge in [-0.05, 0) is 77.9 Å². The van der Waals surface area contributed by atoms with E-state index < -0.39 is 0 Å². The summed E-state index contributed by atoms with van der Waals surface area (Å²) in [6.45, 7) is 5.58. The maximum atomic E-state index is 13.1. The number of allylic oxidation sites excluding steroid dienone is 1. The monoisotopic (exact) mass is 478 g/mol. The van der Waals surface area contributed by atoms with Gasteiger partial charge in [0, 0.05) is 69.4 Å². The lowest BCUT2D eigenvalue weighted by atomic mass is 9.89. The molecule has 1 aliphatic heterocycles. The molecule has 178 valence electrons. The first-order valence-electron chi connectivity index (χ1n) is 12.0. The molecule has 5 rings (SSSR count). The lowest BCUT2D eigenvalue weighted by Crippen LogP contribution is -2.50. The minimum Gasteiger partial charge on any atom is -0.298 e. The molecule has 4 nitrogen and oxygen atoms in total. The highest BCUT2D eigenvalue weighted by atomic mass is 35.5. The molecule has 0 saturated carbocycles. The molecule has 0 bridgehead atoms. The molecule has 1 aliphatic carbocycles. The van der Waals surface area contributed by atoms with Crippen molar-refractivity contribution in [3.63, 3.8) is 0 Å². The van der Waals surface area contributed by atoms with Gasteiger partial charge in [0.2, 0.25) is 0 Å². The van der Waals surface area contributed by atoms with Crippen molar-refractivity contribution in [1.82, 2.24) is 19.8 Å². The number of rotatable bonds is 5. The maximum absolute atomic E-state index is 13.1. The molecule has 0 spiro atoms. The van der Waals surface area contributed by atoms with Gasteiger partial charge in [-0.2, -0.15) is 0 Å². The summed E-state index contributed by atoms with van der Waals surface area (Å²) in [5.74, 6) is 0.412. The molecular weight excluding hydrogens is 447 g/mol. The number of pyridine rings is 2. The highest BCUT2D eigenvalue weighted by molar-refractivity contribution is 6.17. The molecule has 1 fully saturated rings. The molecule has 6 heteroatoms. The highest BCUT2D eigenvalue weighted by Gasteiger charge is 2.25. The smallest absolute Gasteiger partial charge is 0.123 e. The van der Waals surface area contributed by atoms with Crippen LogP contribution >= 0.6 is 11.6 Å². The first-order chi connectivity index (χ1) is 16.7. The van der Waals surface area contributed by atoms with Crippen LogP contribution in [0.1, 0.15) is 36.0 Å². The number of halogens is 2. The Kier molecular flexibility index (Phi) is 9.19. The van der Waals surface area contributed by atoms with Crippen LogP contribution in [0.2, 0.25) is 0 Å². The van der Waals surface area contributed by atoms with Gasteiger partial charge in [0.1, 0.15) is 5.82 Å². The van der Waals surface area contributed by atoms with Crippen molar-refractivity contribution >= 4 is 17.2 Å². The van der Waals surface area contributed by atoms with Crippen LogP contribution in [0.15, 0.2) is 79.4 Å². The van der Waals surface area contributed by atoms with E-state index in [9.17, 15) is 4.39 Å². The second kappa shape index (κ2) is 12.7. The zero-order chi connectivity index (χ0) is 23.6. The van der Waals surface area contributed by atoms with Crippen molar-refractivity contribution in [3.05, 3.63) is 102 Å². The van der Waals surface area contributed by atoms with Gasteiger partial charge in [-0.3, -0.25) is 19.8 Å². The van der Waals surface area contributed by atoms with Gasteiger partial charge in [0.25, 0.3) is 0 Å². The molecule has 0 amide bonds. The molecule has 2 aliphatic rings. The van der Waals surface area contributed by atoms with Gasteiger partial charge in [-0.25, -0.2) is 4.39 Å². The summed E-state index contributed by atoms with van der Waals surface area (Å²) < 4.78 is 13.1. The van der Waals surface area contributed by atoms with E-state index >= 15 is 0 Å². The van der Waals surface area contributed by atoms with E-state index in [-0.39, 0.29) is 5.82 Å². The Bertz CT molecular complexity index is 1020. The molecule has 3 aromatic rings. The molecule has 34 heavy (non-hydrogen) atoms. The number of benzene rings is 1. The third kappa shape index (κ3) is 7.20. The predicted molar refractivity (Wildman–Crippen MR) is 137 cm³/mol. The Labute approximate surface area is 207 Å². The zero-order valence-corrected chi connectivity index (χ0v) is 20.2. The van der Waals surface area contributed by atoms with E-state index in [1.54, 1.807) is 24.5 Å². The molecule has 1 unspecified atom stereocenters. The van der Waals surface area contributed by atoms with Crippen LogP contribution < -0.4 is 0 Å². The predicted octanol–water partition coefficient (Wildman–Crippen LogP) is 5.79. The average Bonchev–Trinajstić information content (AvgIpc) is 2.91. The summed E-state index contributed by atoms with van der Waals surface area (Å²) in [7, 11) is 0. The second-order valence-corrected chi connectivity index (χ2v) is 9.09. The number of alkyl halides is 1. The molecule has 2 aromatic heterocycles. The zero-order valence-electron chi connectivity index (χ0n) is 19.5. The average molecular weight is 479 g/mol. The van der Waals surface area contributed by atoms with Crippen LogP contribution in [-0.2, 0) is 12.4 Å². The topological polar surface area (TPSA) is 32.3 Å². The van der Waals surface area contributed by atoms with Crippen molar-refractivity contribution < 1.29 is 4.39 Å². The highest BCUT2D eigenvalue weighted by Crippen LogP contribution is 2.30. The van der Waals surface area contributed by atoms with Gasteiger partial charge < -0.3 is 0 Å². The molecule has 1 saturated heterocycles. The van der Waals surface area contributed by atoms with Crippen molar-refractivity contribution in [1.29, 1.82) is 0 Å². The summed E-state index contributed by atoms with van der Waals surface area (Å²) in [6.07, 6.45) is 13.0. The molecule has 1 atom stereocenters. The lowest BCUT2D eigenvalue weighted by Gasteiger charge is -2.40. The van der Waals surface area contributed by atoms with Gasteiger partial charge in [-0.1, -0.05) is 18.2 Å². The third-order valence-corrected chi connectivity index (χ3v) is 6.89. The third-order valence-electron chi connectivity index (χ3n) is 6.58. The summed E-state index contributed by atoms with van der Waals surface area (Å²) in [5.41, 5.74) is 5.00. The molecule has 1 aromatic carbocycles. The fraction of sp³-hybridized carbons (Fsp3) is 0.357. The fourth-order valence-corrected chi connectivity index (χ4v) is 4.76. The van der Waals surface area contributed by atoms with E-state index in [1.165, 1.54) is 23.1 Å². The summed E-state index contributed by atoms with van der Waals surface area (Å²) in [4.78, 5) is 13.1. The van der Waals surface area contributed by atoms with Crippen LogP contribution in [0, 0.1) is 5.82 Å². The minimum absolute atomic E-state index is 0.160. The Morgan fingerprint density at radius 1 is 0.824 bits per heavy atom. The quantitative estimate of drug-likeness (QED) is 0.434. The molecular formula is C28H32ClFN4. The number of hydrogen-bond donors (Lipinski definition) is 0. The van der Waals surface area contributed by atoms with Gasteiger partial charge in [-0.15, -0.1) is 11.6 Å². The number of aromatic nitrogens is 2. The van der Waals surface area contributed by atoms with Gasteiger partial charge >= 0.3 is 0 Å². The van der Waals surface area contributed by atoms with Crippen LogP contribution in [0.3, 0.4) is 0 Å². The number of nitrogens with zero attached hydrogens (tertiary/aromatic N) is 4. The fourth-order valence-electron chi connectivity index (χ4n) is 4.58. The molecule has 0 N–H and O–H groups in total. The van der Waals surface area contributed by atoms with Crippen molar-refractivity contribution in [2.24, 2.45) is 0 Å². The van der Waals surface area contributed by atoms with E-state index in [2.05, 4.69) is 38.0 Å². The Balaban J connectivity index is 0.000000291. The minimum atomic E-state index is -0.160. The van der Waals surface area contributed by atoms with Gasteiger partial charge in [0.15, 0.2) is 0 Å². The first-order valence-corrected chi connectivity index (χ1v) is 12.5. The van der Waals surface area contributed by atoms with E-state index in [1.807, 2.05) is 36.7 Å². The Hall–Kier alpha value is -2.60. The van der Waals surface area contributed by atoms with Crippen LogP contribution in [-0.4, -0.2) is 52.0 Å². The van der Waals surface area contributed by atoms with Gasteiger partial charge in [0.05, 0.1) is 0 Å². The second-order valence-electron chi connectivity index (χ2n) is 8.82. The normalized spacial score (nSPS) is 19.1. The van der Waals surface area contributed by atoms with E-state index in [0.29, 0.717) is 11.9 Å². The lowest BCUT2D eigenvalue weighted by molar-refractivity contribution is 0.0881. The van der Waals surface area contributed by atoms with Crippen molar-refractivity contribution in [3.8, 4) is 0 Å². The number of hydrogen-bond acceptors (Lipinski definition) is 4. The molecule has 0 radical (unpaired) electrons. The summed E-state index contributed by atoms with van der Waals surface area (Å²) >= 11 is 5.50.